The van der Waals surface area contributed by atoms with Crippen LogP contribution in [0.4, 0.5) is 4.79 Å². The second-order valence-electron chi connectivity index (χ2n) is 7.92. The van der Waals surface area contributed by atoms with Crippen LogP contribution in [-0.4, -0.2) is 45.2 Å². The molecule has 0 spiro atoms. The summed E-state index contributed by atoms with van der Waals surface area (Å²) in [6.07, 6.45) is 0.590. The largest absolute Gasteiger partial charge is 0.342 e. The lowest BCUT2D eigenvalue weighted by Gasteiger charge is -2.32. The van der Waals surface area contributed by atoms with Crippen molar-refractivity contribution < 1.29 is 9.59 Å². The van der Waals surface area contributed by atoms with Gasteiger partial charge in [0.05, 0.1) is 6.04 Å². The first-order chi connectivity index (χ1) is 15.7. The summed E-state index contributed by atoms with van der Waals surface area (Å²) < 4.78 is 0. The van der Waals surface area contributed by atoms with E-state index in [1.807, 2.05) is 96.0 Å². The molecule has 0 bridgehead atoms. The van der Waals surface area contributed by atoms with E-state index in [2.05, 4.69) is 12.6 Å². The van der Waals surface area contributed by atoms with Crippen LogP contribution in [0.25, 0.3) is 0 Å². The molecule has 1 saturated heterocycles. The number of thiol groups is 1. The Morgan fingerprint density at radius 1 is 0.750 bits per heavy atom. The number of imide groups is 1. The molecule has 6 heteroatoms. The van der Waals surface area contributed by atoms with Crippen molar-refractivity contribution in [2.24, 2.45) is 0 Å². The van der Waals surface area contributed by atoms with Crippen LogP contribution >= 0.6 is 12.6 Å². The van der Waals surface area contributed by atoms with E-state index in [1.165, 1.54) is 4.90 Å². The molecule has 3 aromatic rings. The minimum atomic E-state index is -0.291. The Bertz CT molecular complexity index is 989. The molecule has 1 unspecified atom stereocenters. The van der Waals surface area contributed by atoms with Gasteiger partial charge in [-0.15, -0.1) is 0 Å². The van der Waals surface area contributed by atoms with E-state index in [0.29, 0.717) is 25.3 Å². The number of hydrogen-bond donors (Lipinski definition) is 1. The van der Waals surface area contributed by atoms with Gasteiger partial charge in [-0.25, -0.2) is 14.8 Å². The first kappa shape index (κ1) is 22.1. The third kappa shape index (κ3) is 5.21. The molecule has 0 saturated carbocycles. The van der Waals surface area contributed by atoms with E-state index < -0.39 is 0 Å². The lowest BCUT2D eigenvalue weighted by molar-refractivity contribution is -0.127. The average molecular weight is 446 g/mol. The van der Waals surface area contributed by atoms with Crippen LogP contribution in [0.2, 0.25) is 0 Å². The number of carbonyl (C=O) groups excluding carboxylic acids is 2. The second-order valence-corrected chi connectivity index (χ2v) is 8.29. The summed E-state index contributed by atoms with van der Waals surface area (Å²) in [7, 11) is 0. The van der Waals surface area contributed by atoms with Gasteiger partial charge in [-0.05, 0) is 23.1 Å². The molecule has 0 aliphatic carbocycles. The molecule has 4 rings (SSSR count). The van der Waals surface area contributed by atoms with E-state index in [4.69, 9.17) is 0 Å². The molecule has 3 aromatic carbocycles. The highest BCUT2D eigenvalue weighted by Crippen LogP contribution is 2.23. The van der Waals surface area contributed by atoms with Crippen molar-refractivity contribution in [3.63, 3.8) is 0 Å². The minimum Gasteiger partial charge on any atom is -0.272 e. The van der Waals surface area contributed by atoms with Crippen LogP contribution < -0.4 is 0 Å². The topological polar surface area (TPSA) is 43.9 Å². The quantitative estimate of drug-likeness (QED) is 0.392. The van der Waals surface area contributed by atoms with Crippen LogP contribution in [0, 0.1) is 0 Å². The summed E-state index contributed by atoms with van der Waals surface area (Å²) in [5, 5.41) is 3.55. The van der Waals surface area contributed by atoms with Gasteiger partial charge in [0.15, 0.2) is 0 Å². The lowest BCUT2D eigenvalue weighted by Crippen LogP contribution is -2.47. The summed E-state index contributed by atoms with van der Waals surface area (Å²) in [5.74, 6) is 0.230. The number of carbonyl (C=O) groups is 2. The number of urea groups is 1. The highest BCUT2D eigenvalue weighted by molar-refractivity contribution is 7.80. The Hall–Kier alpha value is -3.09. The number of nitrogens with zero attached hydrogens (tertiary/aromatic N) is 3. The molecule has 0 aromatic heterocycles. The van der Waals surface area contributed by atoms with Gasteiger partial charge >= 0.3 is 6.03 Å². The Labute approximate surface area is 194 Å². The highest BCUT2D eigenvalue weighted by Gasteiger charge is 2.42. The van der Waals surface area contributed by atoms with Gasteiger partial charge < -0.3 is 0 Å². The molecule has 1 fully saturated rings. The van der Waals surface area contributed by atoms with Gasteiger partial charge in [-0.3, -0.25) is 9.69 Å². The maximum atomic E-state index is 13.5. The summed E-state index contributed by atoms with van der Waals surface area (Å²) in [6, 6.07) is 29.3. The summed E-state index contributed by atoms with van der Waals surface area (Å²) in [4.78, 5) is 27.9. The van der Waals surface area contributed by atoms with Gasteiger partial charge in [0, 0.05) is 18.8 Å². The molecule has 164 valence electrons. The smallest absolute Gasteiger partial charge is 0.272 e. The number of benzene rings is 3. The van der Waals surface area contributed by atoms with Gasteiger partial charge in [0.2, 0.25) is 0 Å². The third-order valence-electron chi connectivity index (χ3n) is 5.63. The molecule has 32 heavy (non-hydrogen) atoms. The Balaban J connectivity index is 1.57. The Kier molecular flexibility index (Phi) is 7.24. The Morgan fingerprint density at radius 2 is 1.22 bits per heavy atom. The maximum absolute atomic E-state index is 13.5. The summed E-state index contributed by atoms with van der Waals surface area (Å²) >= 11 is 4.47. The zero-order chi connectivity index (χ0) is 22.3. The molecule has 3 amide bonds. The second kappa shape index (κ2) is 10.5. The minimum absolute atomic E-state index is 0.0393. The standard InChI is InChI=1S/C26H27N3O2S/c30-25-19-28(26(31)29(25)24(20-32)16-21-10-4-1-5-11-21)27(17-22-12-6-2-7-13-22)18-23-14-8-3-9-15-23/h1-15,24,32H,16-20H2. The van der Waals surface area contributed by atoms with Crippen LogP contribution in [0.15, 0.2) is 91.0 Å². The fraction of sp³-hybridized carbons (Fsp3) is 0.231. The molecular formula is C26H27N3O2S. The zero-order valence-electron chi connectivity index (χ0n) is 17.9. The fourth-order valence-electron chi connectivity index (χ4n) is 4.02. The van der Waals surface area contributed by atoms with Crippen molar-refractivity contribution in [3.8, 4) is 0 Å². The first-order valence-corrected chi connectivity index (χ1v) is 11.4. The number of hydrazine groups is 1. The third-order valence-corrected chi connectivity index (χ3v) is 6.05. The van der Waals surface area contributed by atoms with Gasteiger partial charge in [-0.1, -0.05) is 91.0 Å². The maximum Gasteiger partial charge on any atom is 0.342 e. The Morgan fingerprint density at radius 3 is 1.69 bits per heavy atom. The fourth-order valence-corrected chi connectivity index (χ4v) is 4.31. The van der Waals surface area contributed by atoms with Crippen molar-refractivity contribution >= 4 is 24.6 Å². The molecule has 1 heterocycles. The van der Waals surface area contributed by atoms with Crippen LogP contribution in [-0.2, 0) is 24.3 Å². The molecule has 1 atom stereocenters. The normalized spacial score (nSPS) is 14.9. The summed E-state index contributed by atoms with van der Waals surface area (Å²) in [5.41, 5.74) is 3.24. The number of rotatable bonds is 9. The number of amides is 3. The average Bonchev–Trinajstić information content (AvgIpc) is 3.13. The van der Waals surface area contributed by atoms with Crippen LogP contribution in [0.3, 0.4) is 0 Å². The zero-order valence-corrected chi connectivity index (χ0v) is 18.8. The number of hydrogen-bond acceptors (Lipinski definition) is 4. The van der Waals surface area contributed by atoms with Crippen molar-refractivity contribution in [1.29, 1.82) is 0 Å². The van der Waals surface area contributed by atoms with Gasteiger partial charge in [0.1, 0.15) is 6.54 Å². The first-order valence-electron chi connectivity index (χ1n) is 10.8. The predicted molar refractivity (Wildman–Crippen MR) is 129 cm³/mol. The molecule has 0 radical (unpaired) electrons. The molecule has 5 nitrogen and oxygen atoms in total. The van der Waals surface area contributed by atoms with Crippen molar-refractivity contribution in [3.05, 3.63) is 108 Å². The van der Waals surface area contributed by atoms with Crippen LogP contribution in [0.1, 0.15) is 16.7 Å². The van der Waals surface area contributed by atoms with E-state index in [0.717, 1.165) is 16.7 Å². The molecule has 1 aliphatic rings. The van der Waals surface area contributed by atoms with Crippen molar-refractivity contribution in [1.82, 2.24) is 14.9 Å². The van der Waals surface area contributed by atoms with Crippen molar-refractivity contribution in [2.45, 2.75) is 25.6 Å². The van der Waals surface area contributed by atoms with Gasteiger partial charge in [-0.2, -0.15) is 12.6 Å². The van der Waals surface area contributed by atoms with E-state index in [1.54, 1.807) is 5.01 Å². The predicted octanol–water partition coefficient (Wildman–Crippen LogP) is 4.41. The molecule has 1 aliphatic heterocycles. The lowest BCUT2D eigenvalue weighted by atomic mass is 10.1. The van der Waals surface area contributed by atoms with Crippen LogP contribution in [0.5, 0.6) is 0 Å². The van der Waals surface area contributed by atoms with Crippen molar-refractivity contribution in [2.75, 3.05) is 12.3 Å². The van der Waals surface area contributed by atoms with Gasteiger partial charge in [0.25, 0.3) is 5.91 Å². The highest BCUT2D eigenvalue weighted by atomic mass is 32.1. The molecular weight excluding hydrogens is 418 g/mol. The van der Waals surface area contributed by atoms with E-state index in [9.17, 15) is 9.59 Å². The van der Waals surface area contributed by atoms with E-state index in [-0.39, 0.29) is 24.5 Å². The molecule has 0 N–H and O–H groups in total. The van der Waals surface area contributed by atoms with E-state index >= 15 is 0 Å². The summed E-state index contributed by atoms with van der Waals surface area (Å²) in [6.45, 7) is 1.11. The monoisotopic (exact) mass is 445 g/mol. The SMILES string of the molecule is O=C1CN(N(Cc2ccccc2)Cc2ccccc2)C(=O)N1C(CS)Cc1ccccc1.